The van der Waals surface area contributed by atoms with Gasteiger partial charge in [-0.1, -0.05) is 25.1 Å². The van der Waals surface area contributed by atoms with E-state index in [2.05, 4.69) is 20.4 Å². The second-order valence-electron chi connectivity index (χ2n) is 6.54. The molecule has 1 aromatic carbocycles. The maximum atomic E-state index is 12.7. The Morgan fingerprint density at radius 3 is 2.76 bits per heavy atom. The predicted molar refractivity (Wildman–Crippen MR) is 110 cm³/mol. The molecule has 0 saturated carbocycles. The third-order valence-corrected chi connectivity index (χ3v) is 4.61. The Kier molecular flexibility index (Phi) is 5.20. The summed E-state index contributed by atoms with van der Waals surface area (Å²) in [6.45, 7) is 2.41. The molecule has 7 heteroatoms. The van der Waals surface area contributed by atoms with Gasteiger partial charge in [-0.15, -0.1) is 0 Å². The van der Waals surface area contributed by atoms with Crippen molar-refractivity contribution in [1.29, 1.82) is 0 Å². The normalized spacial score (nSPS) is 10.8. The number of nitrogens with zero attached hydrogens (tertiary/aromatic N) is 4. The molecule has 0 unspecified atom stereocenters. The zero-order valence-corrected chi connectivity index (χ0v) is 16.3. The largest absolute Gasteiger partial charge is 0.497 e. The van der Waals surface area contributed by atoms with E-state index in [1.807, 2.05) is 55.5 Å². The number of carbonyl (C=O) groups excluding carboxylic acids is 1. The van der Waals surface area contributed by atoms with E-state index in [1.54, 1.807) is 23.9 Å². The number of hydrogen-bond acceptors (Lipinski definition) is 5. The van der Waals surface area contributed by atoms with Gasteiger partial charge in [-0.2, -0.15) is 5.10 Å². The van der Waals surface area contributed by atoms with Crippen LogP contribution in [0.2, 0.25) is 0 Å². The van der Waals surface area contributed by atoms with Gasteiger partial charge < -0.3 is 10.1 Å². The van der Waals surface area contributed by atoms with Crippen LogP contribution in [-0.2, 0) is 13.0 Å². The van der Waals surface area contributed by atoms with E-state index in [1.165, 1.54) is 0 Å². The van der Waals surface area contributed by atoms with Crippen LogP contribution in [0.5, 0.6) is 5.75 Å². The fourth-order valence-electron chi connectivity index (χ4n) is 3.10. The summed E-state index contributed by atoms with van der Waals surface area (Å²) in [6.07, 6.45) is 2.45. The molecule has 0 saturated heterocycles. The molecule has 3 aromatic heterocycles. The van der Waals surface area contributed by atoms with E-state index in [-0.39, 0.29) is 5.91 Å². The minimum Gasteiger partial charge on any atom is -0.497 e. The first-order chi connectivity index (χ1) is 14.2. The Labute approximate surface area is 168 Å². The first kappa shape index (κ1) is 18.6. The van der Waals surface area contributed by atoms with Crippen LogP contribution in [-0.4, -0.2) is 32.6 Å². The Hall–Kier alpha value is -3.74. The molecule has 0 radical (unpaired) electrons. The van der Waals surface area contributed by atoms with Crippen molar-refractivity contribution in [3.63, 3.8) is 0 Å². The van der Waals surface area contributed by atoms with Crippen LogP contribution in [0, 0.1) is 0 Å². The topological polar surface area (TPSA) is 81.4 Å². The Morgan fingerprint density at radius 1 is 1.10 bits per heavy atom. The van der Waals surface area contributed by atoms with E-state index >= 15 is 0 Å². The molecule has 1 N–H and O–H groups in total. The minimum absolute atomic E-state index is 0.231. The van der Waals surface area contributed by atoms with E-state index in [0.717, 1.165) is 34.8 Å². The van der Waals surface area contributed by atoms with Crippen molar-refractivity contribution in [2.45, 2.75) is 19.9 Å². The fourth-order valence-corrected chi connectivity index (χ4v) is 3.10. The molecular weight excluding hydrogens is 366 g/mol. The van der Waals surface area contributed by atoms with Crippen LogP contribution in [0.25, 0.3) is 17.0 Å². The SMILES string of the molecule is CCc1cc(C(=O)NCc2cccc(OC)c2)nc2cc(-c3ccccn3)nn12. The van der Waals surface area contributed by atoms with Gasteiger partial charge in [-0.3, -0.25) is 9.78 Å². The summed E-state index contributed by atoms with van der Waals surface area (Å²) in [5, 5.41) is 7.53. The van der Waals surface area contributed by atoms with Crippen molar-refractivity contribution in [1.82, 2.24) is 24.9 Å². The number of ether oxygens (including phenoxy) is 1. The number of aromatic nitrogens is 4. The zero-order chi connectivity index (χ0) is 20.2. The molecule has 4 aromatic rings. The molecular formula is C22H21N5O2. The molecule has 0 aliphatic carbocycles. The number of rotatable bonds is 6. The Morgan fingerprint density at radius 2 is 2.00 bits per heavy atom. The zero-order valence-electron chi connectivity index (χ0n) is 16.3. The van der Waals surface area contributed by atoms with Gasteiger partial charge >= 0.3 is 0 Å². The second kappa shape index (κ2) is 8.10. The standard InChI is InChI=1S/C22H21N5O2/c1-3-16-12-20(22(28)24-14-15-7-6-8-17(11-15)29-2)25-21-13-19(26-27(16)21)18-9-4-5-10-23-18/h4-13H,3,14H2,1-2H3,(H,24,28). The molecule has 3 heterocycles. The first-order valence-electron chi connectivity index (χ1n) is 9.40. The Bertz CT molecular complexity index is 1150. The minimum atomic E-state index is -0.231. The summed E-state index contributed by atoms with van der Waals surface area (Å²) in [4.78, 5) is 21.6. The van der Waals surface area contributed by atoms with Gasteiger partial charge in [0, 0.05) is 24.5 Å². The lowest BCUT2D eigenvalue weighted by Crippen LogP contribution is -2.24. The number of hydrogen-bond donors (Lipinski definition) is 1. The van der Waals surface area contributed by atoms with E-state index in [9.17, 15) is 4.79 Å². The van der Waals surface area contributed by atoms with E-state index in [0.29, 0.717) is 17.9 Å². The molecule has 0 atom stereocenters. The highest BCUT2D eigenvalue weighted by Crippen LogP contribution is 2.19. The second-order valence-corrected chi connectivity index (χ2v) is 6.54. The van der Waals surface area contributed by atoms with Gasteiger partial charge in [0.1, 0.15) is 17.1 Å². The average Bonchev–Trinajstić information content (AvgIpc) is 3.22. The van der Waals surface area contributed by atoms with Gasteiger partial charge in [-0.25, -0.2) is 9.50 Å². The summed E-state index contributed by atoms with van der Waals surface area (Å²) >= 11 is 0. The lowest BCUT2D eigenvalue weighted by atomic mass is 10.2. The number of nitrogens with one attached hydrogen (secondary N) is 1. The van der Waals surface area contributed by atoms with Gasteiger partial charge in [0.2, 0.25) is 0 Å². The maximum Gasteiger partial charge on any atom is 0.270 e. The fraction of sp³-hybridized carbons (Fsp3) is 0.182. The first-order valence-corrected chi connectivity index (χ1v) is 9.40. The summed E-state index contributed by atoms with van der Waals surface area (Å²) in [5.41, 5.74) is 4.34. The summed E-state index contributed by atoms with van der Waals surface area (Å²) in [5.74, 6) is 0.525. The van der Waals surface area contributed by atoms with Gasteiger partial charge in [0.25, 0.3) is 5.91 Å². The maximum absolute atomic E-state index is 12.7. The van der Waals surface area contributed by atoms with Crippen molar-refractivity contribution >= 4 is 11.6 Å². The monoisotopic (exact) mass is 387 g/mol. The number of pyridine rings is 1. The van der Waals surface area contributed by atoms with Gasteiger partial charge in [0.05, 0.1) is 12.8 Å². The Balaban J connectivity index is 1.60. The molecule has 146 valence electrons. The highest BCUT2D eigenvalue weighted by molar-refractivity contribution is 5.92. The number of carbonyl (C=O) groups is 1. The van der Waals surface area contributed by atoms with Crippen LogP contribution in [0.3, 0.4) is 0 Å². The number of benzene rings is 1. The third kappa shape index (κ3) is 3.94. The smallest absolute Gasteiger partial charge is 0.270 e. The van der Waals surface area contributed by atoms with Crippen LogP contribution >= 0.6 is 0 Å². The molecule has 4 rings (SSSR count). The van der Waals surface area contributed by atoms with Crippen LogP contribution in [0.4, 0.5) is 0 Å². The van der Waals surface area contributed by atoms with Gasteiger partial charge in [-0.05, 0) is 42.3 Å². The lowest BCUT2D eigenvalue weighted by molar-refractivity contribution is 0.0946. The van der Waals surface area contributed by atoms with Crippen molar-refractivity contribution < 1.29 is 9.53 Å². The van der Waals surface area contributed by atoms with Crippen molar-refractivity contribution in [3.8, 4) is 17.1 Å². The summed E-state index contributed by atoms with van der Waals surface area (Å²) < 4.78 is 6.99. The molecule has 0 bridgehead atoms. The highest BCUT2D eigenvalue weighted by Gasteiger charge is 2.15. The average molecular weight is 387 g/mol. The highest BCUT2D eigenvalue weighted by atomic mass is 16.5. The molecule has 0 spiro atoms. The van der Waals surface area contributed by atoms with Crippen molar-refractivity contribution in [3.05, 3.63) is 77.7 Å². The number of amides is 1. The van der Waals surface area contributed by atoms with Crippen molar-refractivity contribution in [2.24, 2.45) is 0 Å². The number of fused-ring (bicyclic) bond motifs is 1. The van der Waals surface area contributed by atoms with Crippen LogP contribution < -0.4 is 10.1 Å². The number of aryl methyl sites for hydroxylation is 1. The van der Waals surface area contributed by atoms with Gasteiger partial charge in [0.15, 0.2) is 5.65 Å². The molecule has 7 nitrogen and oxygen atoms in total. The van der Waals surface area contributed by atoms with Crippen molar-refractivity contribution in [2.75, 3.05) is 7.11 Å². The quantitative estimate of drug-likeness (QED) is 0.549. The summed E-state index contributed by atoms with van der Waals surface area (Å²) in [6, 6.07) is 16.9. The van der Waals surface area contributed by atoms with E-state index < -0.39 is 0 Å². The lowest BCUT2D eigenvalue weighted by Gasteiger charge is -2.08. The molecule has 0 fully saturated rings. The summed E-state index contributed by atoms with van der Waals surface area (Å²) in [7, 11) is 1.62. The molecule has 29 heavy (non-hydrogen) atoms. The molecule has 0 aliphatic heterocycles. The molecule has 1 amide bonds. The predicted octanol–water partition coefficient (Wildman–Crippen LogP) is 3.29. The number of methoxy groups -OCH3 is 1. The van der Waals surface area contributed by atoms with Crippen LogP contribution in [0.1, 0.15) is 28.7 Å². The van der Waals surface area contributed by atoms with Crippen LogP contribution in [0.15, 0.2) is 60.8 Å². The third-order valence-electron chi connectivity index (χ3n) is 4.61. The van der Waals surface area contributed by atoms with E-state index in [4.69, 9.17) is 4.74 Å². The molecule has 0 aliphatic rings.